The van der Waals surface area contributed by atoms with Gasteiger partial charge in [-0.1, -0.05) is 30.3 Å². The summed E-state index contributed by atoms with van der Waals surface area (Å²) in [4.78, 5) is 2.25. The summed E-state index contributed by atoms with van der Waals surface area (Å²) in [5, 5.41) is 3.25. The summed E-state index contributed by atoms with van der Waals surface area (Å²) in [5.74, 6) is 0. The minimum atomic E-state index is 0.0655. The maximum absolute atomic E-state index is 3.25. The summed E-state index contributed by atoms with van der Waals surface area (Å²) >= 11 is 0. The average Bonchev–Trinajstić information content (AvgIpc) is 2.19. The number of nitrogens with zero attached hydrogens (tertiary/aromatic N) is 1. The van der Waals surface area contributed by atoms with Crippen LogP contribution in [0.5, 0.6) is 0 Å². The molecule has 0 amide bonds. The van der Waals surface area contributed by atoms with Crippen LogP contribution in [0.2, 0.25) is 0 Å². The Balaban J connectivity index is 2.99. The molecule has 0 aliphatic rings. The fourth-order valence-corrected chi connectivity index (χ4v) is 1.66. The summed E-state index contributed by atoms with van der Waals surface area (Å²) in [6.45, 7) is 3.20. The van der Waals surface area contributed by atoms with E-state index < -0.39 is 0 Å². The number of rotatable bonds is 4. The molecular formula is C12H20N2. The van der Waals surface area contributed by atoms with Crippen molar-refractivity contribution < 1.29 is 0 Å². The first-order valence-corrected chi connectivity index (χ1v) is 4.99. The van der Waals surface area contributed by atoms with E-state index in [1.807, 2.05) is 7.05 Å². The molecule has 0 radical (unpaired) electrons. The number of nitrogens with one attached hydrogen (secondary N) is 1. The van der Waals surface area contributed by atoms with Crippen LogP contribution >= 0.6 is 0 Å². The Hall–Kier alpha value is -0.860. The van der Waals surface area contributed by atoms with Crippen LogP contribution in [0.4, 0.5) is 0 Å². The second-order valence-electron chi connectivity index (χ2n) is 4.06. The third kappa shape index (κ3) is 2.14. The Morgan fingerprint density at radius 3 is 2.21 bits per heavy atom. The third-order valence-corrected chi connectivity index (χ3v) is 2.90. The predicted molar refractivity (Wildman–Crippen MR) is 61.4 cm³/mol. The van der Waals surface area contributed by atoms with Crippen molar-refractivity contribution in [2.24, 2.45) is 0 Å². The van der Waals surface area contributed by atoms with Crippen molar-refractivity contribution in [1.29, 1.82) is 0 Å². The van der Waals surface area contributed by atoms with Crippen LogP contribution in [-0.2, 0) is 5.54 Å². The van der Waals surface area contributed by atoms with Gasteiger partial charge in [-0.2, -0.15) is 0 Å². The number of benzene rings is 1. The van der Waals surface area contributed by atoms with E-state index in [-0.39, 0.29) is 5.54 Å². The smallest absolute Gasteiger partial charge is 0.0552 e. The number of likely N-dealkylation sites (N-methyl/N-ethyl adjacent to an activating group) is 2. The van der Waals surface area contributed by atoms with Crippen LogP contribution in [0.15, 0.2) is 30.3 Å². The van der Waals surface area contributed by atoms with E-state index in [2.05, 4.69) is 61.6 Å². The van der Waals surface area contributed by atoms with Gasteiger partial charge in [0.1, 0.15) is 0 Å². The normalized spacial score (nSPS) is 15.5. The monoisotopic (exact) mass is 192 g/mol. The van der Waals surface area contributed by atoms with Gasteiger partial charge in [0.15, 0.2) is 0 Å². The highest BCUT2D eigenvalue weighted by atomic mass is 15.2. The van der Waals surface area contributed by atoms with Crippen LogP contribution in [0.1, 0.15) is 12.5 Å². The van der Waals surface area contributed by atoms with Crippen molar-refractivity contribution in [3.05, 3.63) is 35.9 Å². The zero-order valence-electron chi connectivity index (χ0n) is 9.54. The second-order valence-corrected chi connectivity index (χ2v) is 4.06. The Labute approximate surface area is 86.9 Å². The first-order valence-electron chi connectivity index (χ1n) is 4.99. The van der Waals surface area contributed by atoms with E-state index in [4.69, 9.17) is 0 Å². The van der Waals surface area contributed by atoms with Crippen molar-refractivity contribution in [2.45, 2.75) is 12.5 Å². The lowest BCUT2D eigenvalue weighted by molar-refractivity contribution is 0.172. The van der Waals surface area contributed by atoms with Crippen LogP contribution in [0.3, 0.4) is 0 Å². The minimum absolute atomic E-state index is 0.0655. The van der Waals surface area contributed by atoms with Crippen molar-refractivity contribution in [3.8, 4) is 0 Å². The lowest BCUT2D eigenvalue weighted by Gasteiger charge is -2.37. The van der Waals surface area contributed by atoms with Crippen LogP contribution in [0.25, 0.3) is 0 Å². The van der Waals surface area contributed by atoms with Crippen molar-refractivity contribution in [3.63, 3.8) is 0 Å². The van der Waals surface area contributed by atoms with Gasteiger partial charge >= 0.3 is 0 Å². The molecule has 0 bridgehead atoms. The van der Waals surface area contributed by atoms with Gasteiger partial charge in [-0.25, -0.2) is 0 Å². The van der Waals surface area contributed by atoms with E-state index in [1.54, 1.807) is 0 Å². The molecule has 1 rings (SSSR count). The largest absolute Gasteiger partial charge is 0.318 e. The molecule has 0 fully saturated rings. The zero-order valence-corrected chi connectivity index (χ0v) is 9.54. The van der Waals surface area contributed by atoms with Crippen LogP contribution in [-0.4, -0.2) is 32.6 Å². The molecule has 0 spiro atoms. The topological polar surface area (TPSA) is 15.3 Å². The molecule has 78 valence electrons. The van der Waals surface area contributed by atoms with Crippen molar-refractivity contribution in [1.82, 2.24) is 10.2 Å². The quantitative estimate of drug-likeness (QED) is 0.781. The first-order chi connectivity index (χ1) is 6.61. The Bertz CT molecular complexity index is 269. The maximum Gasteiger partial charge on any atom is 0.0552 e. The predicted octanol–water partition coefficient (Wildman–Crippen LogP) is 1.68. The molecule has 2 nitrogen and oxygen atoms in total. The van der Waals surface area contributed by atoms with Gasteiger partial charge in [0.05, 0.1) is 5.54 Å². The van der Waals surface area contributed by atoms with Gasteiger partial charge < -0.3 is 5.32 Å². The van der Waals surface area contributed by atoms with Gasteiger partial charge in [0.25, 0.3) is 0 Å². The van der Waals surface area contributed by atoms with Crippen molar-refractivity contribution >= 4 is 0 Å². The van der Waals surface area contributed by atoms with Crippen LogP contribution in [0, 0.1) is 0 Å². The fourth-order valence-electron chi connectivity index (χ4n) is 1.66. The molecule has 0 saturated carbocycles. The third-order valence-electron chi connectivity index (χ3n) is 2.90. The highest BCUT2D eigenvalue weighted by molar-refractivity contribution is 5.24. The average molecular weight is 192 g/mol. The second kappa shape index (κ2) is 4.58. The molecule has 1 unspecified atom stereocenters. The molecular weight excluding hydrogens is 172 g/mol. The highest BCUT2D eigenvalue weighted by Gasteiger charge is 2.27. The van der Waals surface area contributed by atoms with E-state index in [0.29, 0.717) is 0 Å². The molecule has 14 heavy (non-hydrogen) atoms. The molecule has 1 aromatic carbocycles. The number of hydrogen-bond donors (Lipinski definition) is 1. The lowest BCUT2D eigenvalue weighted by Crippen LogP contribution is -2.45. The molecule has 2 heteroatoms. The van der Waals surface area contributed by atoms with E-state index >= 15 is 0 Å². The summed E-state index contributed by atoms with van der Waals surface area (Å²) in [6.07, 6.45) is 0. The lowest BCUT2D eigenvalue weighted by atomic mass is 9.91. The summed E-state index contributed by atoms with van der Waals surface area (Å²) < 4.78 is 0. The first kappa shape index (κ1) is 11.2. The summed E-state index contributed by atoms with van der Waals surface area (Å²) in [6, 6.07) is 10.6. The molecule has 0 aromatic heterocycles. The van der Waals surface area contributed by atoms with Gasteiger partial charge in [0.2, 0.25) is 0 Å². The molecule has 1 N–H and O–H groups in total. The maximum atomic E-state index is 3.25. The summed E-state index contributed by atoms with van der Waals surface area (Å²) in [7, 11) is 6.22. The molecule has 1 aromatic rings. The standard InChI is InChI=1S/C12H20N2/c1-12(10-13-2,14(3)4)11-8-6-5-7-9-11/h5-9,13H,10H2,1-4H3. The van der Waals surface area contributed by atoms with Gasteiger partial charge in [-0.15, -0.1) is 0 Å². The molecule has 0 saturated heterocycles. The molecule has 0 heterocycles. The highest BCUT2D eigenvalue weighted by Crippen LogP contribution is 2.24. The summed E-state index contributed by atoms with van der Waals surface area (Å²) in [5.41, 5.74) is 1.41. The van der Waals surface area contributed by atoms with E-state index in [9.17, 15) is 0 Å². The van der Waals surface area contributed by atoms with Gasteiger partial charge in [0, 0.05) is 6.54 Å². The molecule has 0 aliphatic carbocycles. The molecule has 1 atom stereocenters. The minimum Gasteiger partial charge on any atom is -0.318 e. The Kier molecular flexibility index (Phi) is 3.67. The van der Waals surface area contributed by atoms with Crippen LogP contribution < -0.4 is 5.32 Å². The van der Waals surface area contributed by atoms with E-state index in [0.717, 1.165) is 6.54 Å². The Morgan fingerprint density at radius 1 is 1.21 bits per heavy atom. The van der Waals surface area contributed by atoms with Crippen molar-refractivity contribution in [2.75, 3.05) is 27.7 Å². The van der Waals surface area contributed by atoms with Gasteiger partial charge in [-0.05, 0) is 33.6 Å². The zero-order chi connectivity index (χ0) is 10.6. The van der Waals surface area contributed by atoms with E-state index in [1.165, 1.54) is 5.56 Å². The fraction of sp³-hybridized carbons (Fsp3) is 0.500. The SMILES string of the molecule is CNCC(C)(c1ccccc1)N(C)C. The number of hydrogen-bond acceptors (Lipinski definition) is 2. The molecule has 0 aliphatic heterocycles. The van der Waals surface area contributed by atoms with Gasteiger partial charge in [-0.3, -0.25) is 4.90 Å². The Morgan fingerprint density at radius 2 is 1.79 bits per heavy atom.